The molecule has 86 valence electrons. The van der Waals surface area contributed by atoms with Crippen molar-refractivity contribution in [3.05, 3.63) is 5.01 Å². The monoisotopic (exact) mass is 228 g/mol. The maximum atomic E-state index is 4.14. The molecule has 0 unspecified atom stereocenters. The van der Waals surface area contributed by atoms with Crippen molar-refractivity contribution >= 4 is 16.5 Å². The third-order valence-electron chi connectivity index (χ3n) is 2.95. The SMILES string of the molecule is CCC(C)(C)N(C)Cc1nnc(NC)s1. The Bertz CT molecular complexity index is 308. The summed E-state index contributed by atoms with van der Waals surface area (Å²) in [7, 11) is 3.99. The second kappa shape index (κ2) is 4.90. The Hall–Kier alpha value is -0.680. The van der Waals surface area contributed by atoms with Crippen LogP contribution >= 0.6 is 11.3 Å². The molecule has 1 aromatic heterocycles. The second-order valence-corrected chi connectivity index (χ2v) is 5.34. The maximum Gasteiger partial charge on any atom is 0.205 e. The molecule has 5 heteroatoms. The highest BCUT2D eigenvalue weighted by molar-refractivity contribution is 7.15. The van der Waals surface area contributed by atoms with Gasteiger partial charge in [-0.15, -0.1) is 10.2 Å². The molecule has 1 heterocycles. The first-order valence-corrected chi connectivity index (χ1v) is 6.02. The number of rotatable bonds is 5. The summed E-state index contributed by atoms with van der Waals surface area (Å²) in [6.45, 7) is 7.55. The molecule has 0 amide bonds. The molecule has 0 radical (unpaired) electrons. The third kappa shape index (κ3) is 3.14. The first-order valence-electron chi connectivity index (χ1n) is 5.21. The zero-order valence-corrected chi connectivity index (χ0v) is 11.0. The highest BCUT2D eigenvalue weighted by atomic mass is 32.1. The molecule has 0 aliphatic carbocycles. The first kappa shape index (κ1) is 12.4. The Morgan fingerprint density at radius 2 is 2.07 bits per heavy atom. The first-order chi connectivity index (χ1) is 6.99. The Morgan fingerprint density at radius 1 is 1.40 bits per heavy atom. The minimum Gasteiger partial charge on any atom is -0.363 e. The Kier molecular flexibility index (Phi) is 4.04. The lowest BCUT2D eigenvalue weighted by molar-refractivity contribution is 0.142. The van der Waals surface area contributed by atoms with E-state index in [-0.39, 0.29) is 5.54 Å². The molecule has 0 saturated heterocycles. The minimum absolute atomic E-state index is 0.214. The Balaban J connectivity index is 2.61. The molecule has 4 nitrogen and oxygen atoms in total. The van der Waals surface area contributed by atoms with Crippen molar-refractivity contribution in [3.63, 3.8) is 0 Å². The van der Waals surface area contributed by atoms with Gasteiger partial charge in [0.25, 0.3) is 0 Å². The molecular weight excluding hydrogens is 208 g/mol. The van der Waals surface area contributed by atoms with Crippen LogP contribution in [0.4, 0.5) is 5.13 Å². The zero-order valence-electron chi connectivity index (χ0n) is 10.2. The van der Waals surface area contributed by atoms with E-state index >= 15 is 0 Å². The van der Waals surface area contributed by atoms with Crippen molar-refractivity contribution in [1.82, 2.24) is 15.1 Å². The Labute approximate surface area is 95.7 Å². The van der Waals surface area contributed by atoms with Crippen LogP contribution in [0.25, 0.3) is 0 Å². The van der Waals surface area contributed by atoms with Gasteiger partial charge in [0, 0.05) is 12.6 Å². The van der Waals surface area contributed by atoms with Crippen LogP contribution in [0.2, 0.25) is 0 Å². The normalized spacial score (nSPS) is 12.1. The van der Waals surface area contributed by atoms with E-state index in [0.717, 1.165) is 23.1 Å². The van der Waals surface area contributed by atoms with Crippen molar-refractivity contribution in [2.24, 2.45) is 0 Å². The van der Waals surface area contributed by atoms with Gasteiger partial charge in [0.15, 0.2) is 0 Å². The van der Waals surface area contributed by atoms with E-state index in [1.807, 2.05) is 7.05 Å². The molecule has 0 fully saturated rings. The zero-order chi connectivity index (χ0) is 11.5. The quantitative estimate of drug-likeness (QED) is 0.839. The third-order valence-corrected chi connectivity index (χ3v) is 3.88. The van der Waals surface area contributed by atoms with E-state index in [2.05, 4.69) is 48.2 Å². The second-order valence-electron chi connectivity index (χ2n) is 4.27. The van der Waals surface area contributed by atoms with Crippen molar-refractivity contribution in [3.8, 4) is 0 Å². The molecule has 15 heavy (non-hydrogen) atoms. The van der Waals surface area contributed by atoms with Crippen LogP contribution in [0.15, 0.2) is 0 Å². The van der Waals surface area contributed by atoms with Crippen molar-refractivity contribution in [2.75, 3.05) is 19.4 Å². The summed E-state index contributed by atoms with van der Waals surface area (Å²) in [5.41, 5.74) is 0.214. The topological polar surface area (TPSA) is 41.1 Å². The molecule has 1 N–H and O–H groups in total. The molecule has 0 aromatic carbocycles. The van der Waals surface area contributed by atoms with E-state index in [1.165, 1.54) is 0 Å². The van der Waals surface area contributed by atoms with Gasteiger partial charge in [-0.3, -0.25) is 4.90 Å². The fourth-order valence-electron chi connectivity index (χ4n) is 1.11. The van der Waals surface area contributed by atoms with E-state index in [9.17, 15) is 0 Å². The highest BCUT2D eigenvalue weighted by Gasteiger charge is 2.22. The molecule has 0 aliphatic heterocycles. The van der Waals surface area contributed by atoms with E-state index in [0.29, 0.717) is 0 Å². The Morgan fingerprint density at radius 3 is 2.53 bits per heavy atom. The summed E-state index contributed by atoms with van der Waals surface area (Å²) in [6.07, 6.45) is 1.13. The summed E-state index contributed by atoms with van der Waals surface area (Å²) in [5.74, 6) is 0. The summed E-state index contributed by atoms with van der Waals surface area (Å²) >= 11 is 1.61. The summed E-state index contributed by atoms with van der Waals surface area (Å²) in [6, 6.07) is 0. The smallest absolute Gasteiger partial charge is 0.205 e. The molecular formula is C10H20N4S. The van der Waals surface area contributed by atoms with Crippen molar-refractivity contribution in [2.45, 2.75) is 39.3 Å². The molecule has 0 bridgehead atoms. The lowest BCUT2D eigenvalue weighted by atomic mass is 10.0. The van der Waals surface area contributed by atoms with Crippen molar-refractivity contribution < 1.29 is 0 Å². The average Bonchev–Trinajstić information content (AvgIpc) is 2.65. The van der Waals surface area contributed by atoms with Gasteiger partial charge in [0.1, 0.15) is 5.01 Å². The molecule has 1 aromatic rings. The van der Waals surface area contributed by atoms with Crippen LogP contribution in [0.3, 0.4) is 0 Å². The number of hydrogen-bond donors (Lipinski definition) is 1. The summed E-state index contributed by atoms with van der Waals surface area (Å²) in [4.78, 5) is 2.31. The fourth-order valence-corrected chi connectivity index (χ4v) is 1.85. The summed E-state index contributed by atoms with van der Waals surface area (Å²) < 4.78 is 0. The van der Waals surface area contributed by atoms with Gasteiger partial charge in [-0.25, -0.2) is 0 Å². The fraction of sp³-hybridized carbons (Fsp3) is 0.800. The highest BCUT2D eigenvalue weighted by Crippen LogP contribution is 2.21. The van der Waals surface area contributed by atoms with E-state index < -0.39 is 0 Å². The number of anilines is 1. The minimum atomic E-state index is 0.214. The van der Waals surface area contributed by atoms with Gasteiger partial charge in [0.2, 0.25) is 5.13 Å². The van der Waals surface area contributed by atoms with Gasteiger partial charge in [-0.05, 0) is 27.3 Å². The number of nitrogens with zero attached hydrogens (tertiary/aromatic N) is 3. The molecule has 0 aliphatic rings. The number of hydrogen-bond acceptors (Lipinski definition) is 5. The number of aromatic nitrogens is 2. The summed E-state index contributed by atoms with van der Waals surface area (Å²) in [5, 5.41) is 13.1. The van der Waals surface area contributed by atoms with Gasteiger partial charge in [-0.1, -0.05) is 18.3 Å². The van der Waals surface area contributed by atoms with Crippen LogP contribution in [0.5, 0.6) is 0 Å². The lowest BCUT2D eigenvalue weighted by Gasteiger charge is -2.33. The van der Waals surface area contributed by atoms with Gasteiger partial charge >= 0.3 is 0 Å². The van der Waals surface area contributed by atoms with Crippen LogP contribution in [-0.2, 0) is 6.54 Å². The van der Waals surface area contributed by atoms with Crippen LogP contribution < -0.4 is 5.32 Å². The lowest BCUT2D eigenvalue weighted by Crippen LogP contribution is -2.39. The van der Waals surface area contributed by atoms with Gasteiger partial charge < -0.3 is 5.32 Å². The van der Waals surface area contributed by atoms with Gasteiger partial charge in [0.05, 0.1) is 6.54 Å². The predicted octanol–water partition coefficient (Wildman–Crippen LogP) is 2.20. The molecule has 0 saturated carbocycles. The molecule has 0 spiro atoms. The van der Waals surface area contributed by atoms with Crippen molar-refractivity contribution in [1.29, 1.82) is 0 Å². The average molecular weight is 228 g/mol. The van der Waals surface area contributed by atoms with Gasteiger partial charge in [-0.2, -0.15) is 0 Å². The number of nitrogens with one attached hydrogen (secondary N) is 1. The van der Waals surface area contributed by atoms with Crippen LogP contribution in [0.1, 0.15) is 32.2 Å². The maximum absolute atomic E-state index is 4.14. The largest absolute Gasteiger partial charge is 0.363 e. The van der Waals surface area contributed by atoms with Crippen LogP contribution in [0, 0.1) is 0 Å². The molecule has 0 atom stereocenters. The molecule has 1 rings (SSSR count). The van der Waals surface area contributed by atoms with Crippen LogP contribution in [-0.4, -0.2) is 34.7 Å². The standard InChI is InChI=1S/C10H20N4S/c1-6-10(2,3)14(5)7-8-12-13-9(11-4)15-8/h6-7H2,1-5H3,(H,11,13). The van der Waals surface area contributed by atoms with E-state index in [4.69, 9.17) is 0 Å². The predicted molar refractivity (Wildman–Crippen MR) is 65.3 cm³/mol. The van der Waals surface area contributed by atoms with E-state index in [1.54, 1.807) is 11.3 Å².